The van der Waals surface area contributed by atoms with Crippen LogP contribution >= 0.6 is 0 Å². The average molecular weight is 247 g/mol. The SMILES string of the molecule is COc1cc(OC)cc(Oc2cncc(N)n2)c1. The van der Waals surface area contributed by atoms with Crippen molar-refractivity contribution in [1.29, 1.82) is 0 Å². The van der Waals surface area contributed by atoms with Gasteiger partial charge in [-0.1, -0.05) is 0 Å². The number of hydrogen-bond donors (Lipinski definition) is 1. The summed E-state index contributed by atoms with van der Waals surface area (Å²) in [6, 6.07) is 5.18. The number of nitrogens with zero attached hydrogens (tertiary/aromatic N) is 2. The van der Waals surface area contributed by atoms with Crippen molar-refractivity contribution in [2.24, 2.45) is 0 Å². The van der Waals surface area contributed by atoms with Crippen molar-refractivity contribution < 1.29 is 14.2 Å². The largest absolute Gasteiger partial charge is 0.496 e. The Morgan fingerprint density at radius 3 is 2.11 bits per heavy atom. The van der Waals surface area contributed by atoms with Gasteiger partial charge in [-0.15, -0.1) is 0 Å². The van der Waals surface area contributed by atoms with Gasteiger partial charge >= 0.3 is 0 Å². The maximum absolute atomic E-state index is 5.53. The predicted octanol–water partition coefficient (Wildman–Crippen LogP) is 1.87. The summed E-state index contributed by atoms with van der Waals surface area (Å²) in [5.74, 6) is 2.39. The van der Waals surface area contributed by atoms with Crippen LogP contribution in [0, 0.1) is 0 Å². The average Bonchev–Trinajstić information content (AvgIpc) is 2.38. The van der Waals surface area contributed by atoms with Gasteiger partial charge in [0.1, 0.15) is 23.1 Å². The van der Waals surface area contributed by atoms with E-state index in [1.807, 2.05) is 0 Å². The van der Waals surface area contributed by atoms with Crippen LogP contribution in [-0.4, -0.2) is 24.2 Å². The molecule has 0 fully saturated rings. The third-order valence-electron chi connectivity index (χ3n) is 2.18. The van der Waals surface area contributed by atoms with E-state index in [4.69, 9.17) is 19.9 Å². The first-order valence-corrected chi connectivity index (χ1v) is 5.19. The molecule has 0 amide bonds. The topological polar surface area (TPSA) is 79.5 Å². The minimum atomic E-state index is 0.294. The van der Waals surface area contributed by atoms with Gasteiger partial charge in [-0.05, 0) is 0 Å². The lowest BCUT2D eigenvalue weighted by Gasteiger charge is -2.09. The Morgan fingerprint density at radius 2 is 1.56 bits per heavy atom. The van der Waals surface area contributed by atoms with Crippen molar-refractivity contribution in [1.82, 2.24) is 9.97 Å². The van der Waals surface area contributed by atoms with Gasteiger partial charge in [-0.3, -0.25) is 4.98 Å². The molecule has 1 aromatic carbocycles. The monoisotopic (exact) mass is 247 g/mol. The zero-order chi connectivity index (χ0) is 13.0. The molecule has 6 heteroatoms. The zero-order valence-electron chi connectivity index (χ0n) is 10.1. The lowest BCUT2D eigenvalue weighted by Crippen LogP contribution is -1.95. The minimum absolute atomic E-state index is 0.294. The second kappa shape index (κ2) is 5.22. The quantitative estimate of drug-likeness (QED) is 0.888. The molecule has 0 saturated heterocycles. The van der Waals surface area contributed by atoms with Crippen LogP contribution in [0.2, 0.25) is 0 Å². The first-order valence-electron chi connectivity index (χ1n) is 5.19. The Labute approximate surface area is 104 Å². The van der Waals surface area contributed by atoms with Crippen molar-refractivity contribution in [3.63, 3.8) is 0 Å². The molecular formula is C12H13N3O3. The van der Waals surface area contributed by atoms with Gasteiger partial charge in [0.25, 0.3) is 0 Å². The molecule has 0 radical (unpaired) electrons. The Hall–Kier alpha value is -2.50. The molecule has 2 aromatic rings. The van der Waals surface area contributed by atoms with Gasteiger partial charge in [0.05, 0.1) is 26.6 Å². The van der Waals surface area contributed by atoms with Crippen molar-refractivity contribution in [3.05, 3.63) is 30.6 Å². The molecule has 0 unspecified atom stereocenters. The molecule has 0 aliphatic rings. The minimum Gasteiger partial charge on any atom is -0.496 e. The summed E-state index contributed by atoms with van der Waals surface area (Å²) in [7, 11) is 3.14. The molecule has 18 heavy (non-hydrogen) atoms. The molecule has 0 saturated carbocycles. The fourth-order valence-corrected chi connectivity index (χ4v) is 1.37. The Bertz CT molecular complexity index is 524. The first kappa shape index (κ1) is 12.0. The van der Waals surface area contributed by atoms with E-state index in [-0.39, 0.29) is 0 Å². The summed E-state index contributed by atoms with van der Waals surface area (Å²) in [5, 5.41) is 0. The molecule has 1 heterocycles. The molecule has 6 nitrogen and oxygen atoms in total. The lowest BCUT2D eigenvalue weighted by molar-refractivity contribution is 0.385. The number of nitrogens with two attached hydrogens (primary N) is 1. The number of hydrogen-bond acceptors (Lipinski definition) is 6. The van der Waals surface area contributed by atoms with E-state index in [1.165, 1.54) is 12.4 Å². The van der Waals surface area contributed by atoms with Gasteiger partial charge in [0.2, 0.25) is 5.88 Å². The van der Waals surface area contributed by atoms with Gasteiger partial charge in [0, 0.05) is 18.2 Å². The van der Waals surface area contributed by atoms with Gasteiger partial charge in [0.15, 0.2) is 0 Å². The zero-order valence-corrected chi connectivity index (χ0v) is 10.1. The van der Waals surface area contributed by atoms with Crippen LogP contribution in [0.1, 0.15) is 0 Å². The molecule has 2 rings (SSSR count). The molecule has 1 aromatic heterocycles. The summed E-state index contributed by atoms with van der Waals surface area (Å²) >= 11 is 0. The number of ether oxygens (including phenoxy) is 3. The third kappa shape index (κ3) is 2.79. The number of aromatic nitrogens is 2. The highest BCUT2D eigenvalue weighted by molar-refractivity contribution is 5.43. The highest BCUT2D eigenvalue weighted by Crippen LogP contribution is 2.29. The molecule has 0 aliphatic carbocycles. The maximum atomic E-state index is 5.53. The van der Waals surface area contributed by atoms with E-state index in [0.717, 1.165) is 0 Å². The summed E-state index contributed by atoms with van der Waals surface area (Å²) in [5.41, 5.74) is 5.52. The summed E-state index contributed by atoms with van der Waals surface area (Å²) < 4.78 is 15.8. The molecule has 0 atom stereocenters. The lowest BCUT2D eigenvalue weighted by atomic mass is 10.3. The number of nitrogen functional groups attached to an aromatic ring is 1. The predicted molar refractivity (Wildman–Crippen MR) is 66.1 cm³/mol. The van der Waals surface area contributed by atoms with Crippen LogP contribution in [0.4, 0.5) is 5.82 Å². The van der Waals surface area contributed by atoms with Crippen molar-refractivity contribution >= 4 is 5.82 Å². The van der Waals surface area contributed by atoms with Gasteiger partial charge < -0.3 is 19.9 Å². The van der Waals surface area contributed by atoms with E-state index >= 15 is 0 Å². The Balaban J connectivity index is 2.28. The van der Waals surface area contributed by atoms with Crippen LogP contribution in [0.15, 0.2) is 30.6 Å². The molecule has 0 aliphatic heterocycles. The third-order valence-corrected chi connectivity index (χ3v) is 2.18. The van der Waals surface area contributed by atoms with Gasteiger partial charge in [-0.2, -0.15) is 4.98 Å². The van der Waals surface area contributed by atoms with Crippen LogP contribution in [-0.2, 0) is 0 Å². The number of rotatable bonds is 4. The van der Waals surface area contributed by atoms with Crippen molar-refractivity contribution in [3.8, 4) is 23.1 Å². The van der Waals surface area contributed by atoms with Crippen molar-refractivity contribution in [2.45, 2.75) is 0 Å². The molecule has 2 N–H and O–H groups in total. The van der Waals surface area contributed by atoms with Crippen molar-refractivity contribution in [2.75, 3.05) is 20.0 Å². The molecule has 94 valence electrons. The standard InChI is InChI=1S/C12H13N3O3/c1-16-8-3-9(17-2)5-10(4-8)18-12-7-14-6-11(13)15-12/h3-7H,1-2H3,(H2,13,15). The normalized spacial score (nSPS) is 9.89. The van der Waals surface area contributed by atoms with Crippen LogP contribution in [0.3, 0.4) is 0 Å². The highest BCUT2D eigenvalue weighted by Gasteiger charge is 2.05. The van der Waals surface area contributed by atoms with Gasteiger partial charge in [-0.25, -0.2) is 0 Å². The molecular weight excluding hydrogens is 234 g/mol. The number of methoxy groups -OCH3 is 2. The summed E-state index contributed by atoms with van der Waals surface area (Å²) in [4.78, 5) is 7.88. The smallest absolute Gasteiger partial charge is 0.239 e. The van der Waals surface area contributed by atoms with E-state index in [0.29, 0.717) is 28.9 Å². The summed E-state index contributed by atoms with van der Waals surface area (Å²) in [6.07, 6.45) is 2.92. The van der Waals surface area contributed by atoms with Crippen LogP contribution in [0.5, 0.6) is 23.1 Å². The van der Waals surface area contributed by atoms with E-state index < -0.39 is 0 Å². The van der Waals surface area contributed by atoms with Crippen LogP contribution < -0.4 is 19.9 Å². The second-order valence-corrected chi connectivity index (χ2v) is 3.43. The van der Waals surface area contributed by atoms with Crippen LogP contribution in [0.25, 0.3) is 0 Å². The Kier molecular flexibility index (Phi) is 3.47. The second-order valence-electron chi connectivity index (χ2n) is 3.43. The molecule has 0 spiro atoms. The summed E-state index contributed by atoms with van der Waals surface area (Å²) in [6.45, 7) is 0. The number of benzene rings is 1. The van der Waals surface area contributed by atoms with E-state index in [9.17, 15) is 0 Å². The fraction of sp³-hybridized carbons (Fsp3) is 0.167. The fourth-order valence-electron chi connectivity index (χ4n) is 1.37. The Morgan fingerprint density at radius 1 is 0.944 bits per heavy atom. The number of anilines is 1. The highest BCUT2D eigenvalue weighted by atomic mass is 16.5. The molecule has 0 bridgehead atoms. The van der Waals surface area contributed by atoms with E-state index in [1.54, 1.807) is 32.4 Å². The van der Waals surface area contributed by atoms with E-state index in [2.05, 4.69) is 9.97 Å². The maximum Gasteiger partial charge on any atom is 0.239 e. The first-order chi connectivity index (χ1) is 8.71.